The van der Waals surface area contributed by atoms with Crippen molar-refractivity contribution in [1.29, 1.82) is 0 Å². The second-order valence-corrected chi connectivity index (χ2v) is 6.98. The van der Waals surface area contributed by atoms with Crippen LogP contribution in [0.2, 0.25) is 5.02 Å². The summed E-state index contributed by atoms with van der Waals surface area (Å²) in [6.07, 6.45) is 5.77. The molecule has 0 atom stereocenters. The van der Waals surface area contributed by atoms with Crippen molar-refractivity contribution in [2.24, 2.45) is 0 Å². The number of benzene rings is 2. The van der Waals surface area contributed by atoms with Crippen LogP contribution in [0.15, 0.2) is 78.4 Å². The first-order valence-electron chi connectivity index (χ1n) is 9.24. The summed E-state index contributed by atoms with van der Waals surface area (Å²) in [6.45, 7) is 1.10. The fraction of sp³-hybridized carbons (Fsp3) is 0.182. The van der Waals surface area contributed by atoms with Gasteiger partial charge in [0, 0.05) is 42.3 Å². The third-order valence-electron chi connectivity index (χ3n) is 4.62. The van der Waals surface area contributed by atoms with Crippen LogP contribution < -0.4 is 19.9 Å². The molecule has 4 rings (SSSR count). The summed E-state index contributed by atoms with van der Waals surface area (Å²) in [5.41, 5.74) is 7.42. The number of halogens is 1. The van der Waals surface area contributed by atoms with E-state index in [9.17, 15) is 0 Å². The van der Waals surface area contributed by atoms with Gasteiger partial charge in [-0.15, -0.1) is 0 Å². The highest BCUT2D eigenvalue weighted by molar-refractivity contribution is 6.33. The van der Waals surface area contributed by atoms with Crippen LogP contribution in [-0.4, -0.2) is 30.2 Å². The molecule has 0 saturated carbocycles. The first-order chi connectivity index (χ1) is 14.2. The largest absolute Gasteiger partial charge is 0.497 e. The number of hydrazine groups is 1. The number of nitrogens with one attached hydrogen (secondary N) is 1. The third kappa shape index (κ3) is 4.60. The molecule has 0 saturated heterocycles. The van der Waals surface area contributed by atoms with Gasteiger partial charge >= 0.3 is 0 Å². The average molecular weight is 409 g/mol. The lowest BCUT2D eigenvalue weighted by atomic mass is 10.1. The maximum Gasteiger partial charge on any atom is 0.123 e. The number of anilines is 1. The Kier molecular flexibility index (Phi) is 5.81. The van der Waals surface area contributed by atoms with E-state index in [1.54, 1.807) is 25.7 Å². The zero-order valence-electron chi connectivity index (χ0n) is 16.0. The van der Waals surface area contributed by atoms with Gasteiger partial charge in [0.25, 0.3) is 0 Å². The first kappa shape index (κ1) is 19.1. The number of allylic oxidation sites excluding steroid dienone is 1. The number of rotatable bonds is 7. The normalized spacial score (nSPS) is 13.4. The molecule has 0 fully saturated rings. The average Bonchev–Trinajstić information content (AvgIpc) is 3.16. The lowest BCUT2D eigenvalue weighted by molar-refractivity contribution is 0.345. The molecule has 0 radical (unpaired) electrons. The Bertz CT molecular complexity index is 1010. The molecule has 0 unspecified atom stereocenters. The van der Waals surface area contributed by atoms with Crippen LogP contribution in [0.4, 0.5) is 5.69 Å². The molecule has 1 aliphatic rings. The van der Waals surface area contributed by atoms with E-state index in [0.717, 1.165) is 34.2 Å². The molecule has 3 aromatic rings. The van der Waals surface area contributed by atoms with Crippen LogP contribution in [0, 0.1) is 0 Å². The van der Waals surface area contributed by atoms with Gasteiger partial charge in [-0.3, -0.25) is 15.0 Å². The molecule has 0 bridgehead atoms. The molecule has 1 N–H and O–H groups in total. The van der Waals surface area contributed by atoms with Crippen molar-refractivity contribution in [2.45, 2.75) is 6.42 Å². The fourth-order valence-electron chi connectivity index (χ4n) is 3.14. The Labute approximate surface area is 174 Å². The summed E-state index contributed by atoms with van der Waals surface area (Å²) >= 11 is 6.40. The van der Waals surface area contributed by atoms with Crippen molar-refractivity contribution >= 4 is 17.3 Å². The quantitative estimate of drug-likeness (QED) is 0.636. The van der Waals surface area contributed by atoms with Crippen molar-refractivity contribution in [3.63, 3.8) is 0 Å². The summed E-state index contributed by atoms with van der Waals surface area (Å²) in [5.74, 6) is 1.52. The molecule has 29 heavy (non-hydrogen) atoms. The van der Waals surface area contributed by atoms with Gasteiger partial charge in [0.15, 0.2) is 0 Å². The molecule has 0 spiro atoms. The van der Waals surface area contributed by atoms with E-state index in [2.05, 4.69) is 15.4 Å². The van der Waals surface area contributed by atoms with Gasteiger partial charge in [-0.05, 0) is 24.3 Å². The van der Waals surface area contributed by atoms with Crippen LogP contribution in [0.5, 0.6) is 11.5 Å². The molecule has 0 aliphatic carbocycles. The minimum atomic E-state index is 0.441. The van der Waals surface area contributed by atoms with E-state index in [1.165, 1.54) is 0 Å². The SMILES string of the molecule is COc1cccc(OCC2=C(Cc3cnccn3)NN(c3ccccc3Cl)C2)c1. The Hall–Kier alpha value is -3.25. The van der Waals surface area contributed by atoms with E-state index in [1.807, 2.05) is 53.5 Å². The highest BCUT2D eigenvalue weighted by atomic mass is 35.5. The number of hydrogen-bond donors (Lipinski definition) is 1. The number of aromatic nitrogens is 2. The van der Waals surface area contributed by atoms with Crippen molar-refractivity contribution in [3.05, 3.63) is 89.1 Å². The van der Waals surface area contributed by atoms with Crippen molar-refractivity contribution in [3.8, 4) is 11.5 Å². The van der Waals surface area contributed by atoms with Crippen molar-refractivity contribution in [1.82, 2.24) is 15.4 Å². The van der Waals surface area contributed by atoms with Gasteiger partial charge in [0.05, 0.1) is 30.1 Å². The zero-order valence-corrected chi connectivity index (χ0v) is 16.8. The standard InChI is InChI=1S/C22H21ClN4O2/c1-28-18-5-4-6-19(12-18)29-15-16-14-27(22-8-3-2-7-20(22)23)26-21(16)11-17-13-24-9-10-25-17/h2-10,12-13,26H,11,14-15H2,1H3. The molecule has 6 nitrogen and oxygen atoms in total. The number of hydrogen-bond acceptors (Lipinski definition) is 6. The molecule has 148 valence electrons. The summed E-state index contributed by atoms with van der Waals surface area (Å²) in [4.78, 5) is 8.56. The van der Waals surface area contributed by atoms with Crippen LogP contribution in [0.25, 0.3) is 0 Å². The molecule has 2 heterocycles. The second kappa shape index (κ2) is 8.84. The van der Waals surface area contributed by atoms with E-state index in [-0.39, 0.29) is 0 Å². The Morgan fingerprint density at radius 1 is 1.10 bits per heavy atom. The lowest BCUT2D eigenvalue weighted by Crippen LogP contribution is -2.32. The minimum absolute atomic E-state index is 0.441. The Morgan fingerprint density at radius 3 is 2.76 bits per heavy atom. The Balaban J connectivity index is 1.55. The predicted molar refractivity (Wildman–Crippen MR) is 113 cm³/mol. The van der Waals surface area contributed by atoms with E-state index in [4.69, 9.17) is 21.1 Å². The van der Waals surface area contributed by atoms with Gasteiger partial charge < -0.3 is 14.9 Å². The topological polar surface area (TPSA) is 59.5 Å². The third-order valence-corrected chi connectivity index (χ3v) is 4.94. The number of para-hydroxylation sites is 1. The number of methoxy groups -OCH3 is 1. The second-order valence-electron chi connectivity index (χ2n) is 6.57. The van der Waals surface area contributed by atoms with E-state index >= 15 is 0 Å². The van der Waals surface area contributed by atoms with Crippen LogP contribution >= 0.6 is 11.6 Å². The molecule has 0 amide bonds. The van der Waals surface area contributed by atoms with Gasteiger partial charge in [0.2, 0.25) is 0 Å². The van der Waals surface area contributed by atoms with E-state index < -0.39 is 0 Å². The highest BCUT2D eigenvalue weighted by Crippen LogP contribution is 2.29. The van der Waals surface area contributed by atoms with Crippen LogP contribution in [0.3, 0.4) is 0 Å². The summed E-state index contributed by atoms with van der Waals surface area (Å²) in [7, 11) is 1.64. The van der Waals surface area contributed by atoms with Crippen LogP contribution in [0.1, 0.15) is 5.69 Å². The van der Waals surface area contributed by atoms with E-state index in [0.29, 0.717) is 24.6 Å². The maximum absolute atomic E-state index is 6.40. The van der Waals surface area contributed by atoms with Gasteiger partial charge in [0.1, 0.15) is 18.1 Å². The molecular formula is C22H21ClN4O2. The fourth-order valence-corrected chi connectivity index (χ4v) is 3.38. The predicted octanol–water partition coefficient (Wildman–Crippen LogP) is 4.04. The molecule has 7 heteroatoms. The monoisotopic (exact) mass is 408 g/mol. The number of ether oxygens (including phenoxy) is 2. The van der Waals surface area contributed by atoms with Crippen molar-refractivity contribution in [2.75, 3.05) is 25.3 Å². The minimum Gasteiger partial charge on any atom is -0.497 e. The summed E-state index contributed by atoms with van der Waals surface area (Å²) < 4.78 is 11.3. The number of nitrogens with zero attached hydrogens (tertiary/aromatic N) is 3. The zero-order chi connectivity index (χ0) is 20.1. The summed E-state index contributed by atoms with van der Waals surface area (Å²) in [5, 5.41) is 2.71. The lowest BCUT2D eigenvalue weighted by Gasteiger charge is -2.21. The summed E-state index contributed by atoms with van der Waals surface area (Å²) in [6, 6.07) is 15.3. The maximum atomic E-state index is 6.40. The Morgan fingerprint density at radius 2 is 1.97 bits per heavy atom. The van der Waals surface area contributed by atoms with Gasteiger partial charge in [-0.25, -0.2) is 0 Å². The molecule has 1 aromatic heterocycles. The van der Waals surface area contributed by atoms with Crippen LogP contribution in [-0.2, 0) is 6.42 Å². The smallest absolute Gasteiger partial charge is 0.123 e. The van der Waals surface area contributed by atoms with Gasteiger partial charge in [-0.1, -0.05) is 29.8 Å². The van der Waals surface area contributed by atoms with Gasteiger partial charge in [-0.2, -0.15) is 0 Å². The molecular weight excluding hydrogens is 388 g/mol. The molecule has 1 aliphatic heterocycles. The molecule has 2 aromatic carbocycles. The first-order valence-corrected chi connectivity index (χ1v) is 9.62. The van der Waals surface area contributed by atoms with Crippen molar-refractivity contribution < 1.29 is 9.47 Å². The highest BCUT2D eigenvalue weighted by Gasteiger charge is 2.24.